The third-order valence-electron chi connectivity index (χ3n) is 8.30. The van der Waals surface area contributed by atoms with E-state index in [-0.39, 0.29) is 35.4 Å². The molecule has 5 rings (SSSR count). The third-order valence-corrected chi connectivity index (χ3v) is 8.30. The standard InChI is InChI=1S/C27H35F3N4O3/c1-16-14-17(2)24-23(16)26(27(28,29)30)34(31-24)15-22(35)33-9-8-20(32-10-12-37-13-11-32)25(33)19-6-5-7-21(36-4)18(19)3/h5-7,16-17,20,25H,8-15H2,1-4H3/t16-,17-,20-,25-/m1/s1. The number of carbonyl (C=O) groups excluding carboxylic acids is 1. The Morgan fingerprint density at radius 1 is 1.16 bits per heavy atom. The van der Waals surface area contributed by atoms with Gasteiger partial charge in [-0.05, 0) is 42.9 Å². The number of carbonyl (C=O) groups is 1. The molecule has 2 saturated heterocycles. The Labute approximate surface area is 215 Å². The fourth-order valence-electron chi connectivity index (χ4n) is 6.63. The number of nitrogens with zero attached hydrogens (tertiary/aromatic N) is 4. The summed E-state index contributed by atoms with van der Waals surface area (Å²) in [6.07, 6.45) is -3.20. The average molecular weight is 521 g/mol. The van der Waals surface area contributed by atoms with Crippen LogP contribution in [-0.4, -0.2) is 71.5 Å². The van der Waals surface area contributed by atoms with Gasteiger partial charge in [-0.3, -0.25) is 14.4 Å². The molecule has 0 unspecified atom stereocenters. The van der Waals surface area contributed by atoms with E-state index in [0.717, 1.165) is 41.1 Å². The van der Waals surface area contributed by atoms with Gasteiger partial charge >= 0.3 is 6.18 Å². The Balaban J connectivity index is 1.50. The van der Waals surface area contributed by atoms with Crippen LogP contribution >= 0.6 is 0 Å². The molecule has 202 valence electrons. The zero-order chi connectivity index (χ0) is 26.5. The van der Waals surface area contributed by atoms with E-state index in [4.69, 9.17) is 9.47 Å². The van der Waals surface area contributed by atoms with Gasteiger partial charge in [-0.2, -0.15) is 18.3 Å². The van der Waals surface area contributed by atoms with E-state index in [1.54, 1.807) is 18.9 Å². The Hall–Kier alpha value is -2.59. The van der Waals surface area contributed by atoms with Crippen molar-refractivity contribution in [3.8, 4) is 5.75 Å². The number of alkyl halides is 3. The molecule has 1 aliphatic carbocycles. The summed E-state index contributed by atoms with van der Waals surface area (Å²) in [7, 11) is 1.61. The normalized spacial score (nSPS) is 26.5. The first-order chi connectivity index (χ1) is 17.6. The minimum atomic E-state index is -4.58. The molecule has 1 aromatic heterocycles. The van der Waals surface area contributed by atoms with Gasteiger partial charge in [-0.15, -0.1) is 0 Å². The number of likely N-dealkylation sites (tertiary alicyclic amines) is 1. The number of amides is 1. The maximum atomic E-state index is 14.2. The first kappa shape index (κ1) is 26.0. The molecule has 3 aliphatic rings. The lowest BCUT2D eigenvalue weighted by molar-refractivity contribution is -0.146. The minimum absolute atomic E-state index is 0.0448. The maximum Gasteiger partial charge on any atom is 0.433 e. The molecule has 3 heterocycles. The van der Waals surface area contributed by atoms with Crippen molar-refractivity contribution < 1.29 is 27.4 Å². The van der Waals surface area contributed by atoms with Gasteiger partial charge in [0.25, 0.3) is 0 Å². The van der Waals surface area contributed by atoms with Gasteiger partial charge in [0.2, 0.25) is 5.91 Å². The largest absolute Gasteiger partial charge is 0.496 e. The fourth-order valence-corrected chi connectivity index (χ4v) is 6.63. The quantitative estimate of drug-likeness (QED) is 0.581. The fraction of sp³-hybridized carbons (Fsp3) is 0.630. The van der Waals surface area contributed by atoms with Crippen LogP contribution in [0.4, 0.5) is 13.2 Å². The molecule has 0 bridgehead atoms. The molecular formula is C27H35F3N4O3. The molecule has 2 aliphatic heterocycles. The van der Waals surface area contributed by atoms with Crippen LogP contribution < -0.4 is 4.74 Å². The number of rotatable bonds is 5. The summed E-state index contributed by atoms with van der Waals surface area (Å²) in [6, 6.07) is 5.53. The van der Waals surface area contributed by atoms with Crippen LogP contribution in [-0.2, 0) is 22.3 Å². The average Bonchev–Trinajstić information content (AvgIpc) is 3.53. The van der Waals surface area contributed by atoms with Gasteiger partial charge in [0, 0.05) is 37.2 Å². The second kappa shape index (κ2) is 9.94. The van der Waals surface area contributed by atoms with E-state index in [1.165, 1.54) is 0 Å². The third kappa shape index (κ3) is 4.63. The number of hydrogen-bond donors (Lipinski definition) is 0. The number of methoxy groups -OCH3 is 1. The number of hydrogen-bond acceptors (Lipinski definition) is 5. The van der Waals surface area contributed by atoms with Crippen LogP contribution in [0.25, 0.3) is 0 Å². The summed E-state index contributed by atoms with van der Waals surface area (Å²) >= 11 is 0. The van der Waals surface area contributed by atoms with E-state index < -0.39 is 18.4 Å². The molecule has 0 N–H and O–H groups in total. The van der Waals surface area contributed by atoms with E-state index in [9.17, 15) is 18.0 Å². The summed E-state index contributed by atoms with van der Waals surface area (Å²) in [5.41, 5.74) is 1.85. The molecule has 1 aromatic carbocycles. The van der Waals surface area contributed by atoms with Crippen LogP contribution in [0, 0.1) is 6.92 Å². The molecule has 7 nitrogen and oxygen atoms in total. The number of halogens is 3. The van der Waals surface area contributed by atoms with Gasteiger partial charge < -0.3 is 14.4 Å². The van der Waals surface area contributed by atoms with Gasteiger partial charge in [-0.25, -0.2) is 0 Å². The summed E-state index contributed by atoms with van der Waals surface area (Å²) in [6.45, 7) is 8.47. The predicted molar refractivity (Wildman–Crippen MR) is 132 cm³/mol. The topological polar surface area (TPSA) is 59.8 Å². The van der Waals surface area contributed by atoms with Gasteiger partial charge in [-0.1, -0.05) is 26.0 Å². The lowest BCUT2D eigenvalue weighted by Gasteiger charge is -2.38. The van der Waals surface area contributed by atoms with Gasteiger partial charge in [0.15, 0.2) is 0 Å². The second-order valence-electron chi connectivity index (χ2n) is 10.6. The minimum Gasteiger partial charge on any atom is -0.496 e. The van der Waals surface area contributed by atoms with Crippen molar-refractivity contribution in [1.29, 1.82) is 0 Å². The lowest BCUT2D eigenvalue weighted by atomic mass is 9.94. The first-order valence-corrected chi connectivity index (χ1v) is 13.0. The van der Waals surface area contributed by atoms with Gasteiger partial charge in [0.05, 0.1) is 32.1 Å². The van der Waals surface area contributed by atoms with E-state index in [0.29, 0.717) is 31.9 Å². The van der Waals surface area contributed by atoms with Crippen LogP contribution in [0.3, 0.4) is 0 Å². The molecule has 0 radical (unpaired) electrons. The monoisotopic (exact) mass is 520 g/mol. The Morgan fingerprint density at radius 3 is 2.57 bits per heavy atom. The van der Waals surface area contributed by atoms with Gasteiger partial charge in [0.1, 0.15) is 18.0 Å². The van der Waals surface area contributed by atoms with E-state index in [1.807, 2.05) is 32.0 Å². The number of ether oxygens (including phenoxy) is 2. The molecule has 1 amide bonds. The Kier molecular flexibility index (Phi) is 7.00. The Bertz CT molecular complexity index is 1160. The molecule has 2 aromatic rings. The Morgan fingerprint density at radius 2 is 1.89 bits per heavy atom. The van der Waals surface area contributed by atoms with Crippen molar-refractivity contribution in [2.45, 2.75) is 70.3 Å². The van der Waals surface area contributed by atoms with Crippen molar-refractivity contribution in [2.75, 3.05) is 40.0 Å². The van der Waals surface area contributed by atoms with Crippen LogP contribution in [0.15, 0.2) is 18.2 Å². The van der Waals surface area contributed by atoms with Crippen molar-refractivity contribution >= 4 is 5.91 Å². The summed E-state index contributed by atoms with van der Waals surface area (Å²) in [4.78, 5) is 17.9. The highest BCUT2D eigenvalue weighted by atomic mass is 19.4. The van der Waals surface area contributed by atoms with Crippen LogP contribution in [0.5, 0.6) is 5.75 Å². The number of benzene rings is 1. The van der Waals surface area contributed by atoms with Crippen LogP contribution in [0.1, 0.15) is 72.6 Å². The van der Waals surface area contributed by atoms with E-state index in [2.05, 4.69) is 10.00 Å². The zero-order valence-corrected chi connectivity index (χ0v) is 21.8. The maximum absolute atomic E-state index is 14.2. The highest BCUT2D eigenvalue weighted by molar-refractivity contribution is 5.77. The number of aromatic nitrogens is 2. The number of fused-ring (bicyclic) bond motifs is 1. The van der Waals surface area contributed by atoms with Crippen molar-refractivity contribution in [3.05, 3.63) is 46.3 Å². The molecule has 10 heteroatoms. The van der Waals surface area contributed by atoms with Crippen LogP contribution in [0.2, 0.25) is 0 Å². The van der Waals surface area contributed by atoms with E-state index >= 15 is 0 Å². The zero-order valence-electron chi connectivity index (χ0n) is 21.8. The predicted octanol–water partition coefficient (Wildman–Crippen LogP) is 4.50. The second-order valence-corrected chi connectivity index (χ2v) is 10.6. The number of morpholine rings is 1. The van der Waals surface area contributed by atoms with Crippen molar-refractivity contribution in [2.24, 2.45) is 0 Å². The SMILES string of the molecule is COc1cccc([C@@H]2[C@H](N3CCOCC3)CCN2C(=O)Cn2nc3c(c2C(F)(F)F)[C@H](C)C[C@H]3C)c1C. The molecule has 4 atom stereocenters. The molecule has 2 fully saturated rings. The lowest BCUT2D eigenvalue weighted by Crippen LogP contribution is -2.47. The molecule has 0 saturated carbocycles. The summed E-state index contributed by atoms with van der Waals surface area (Å²) in [5.74, 6) is 0.0700. The van der Waals surface area contributed by atoms with Crippen molar-refractivity contribution in [3.63, 3.8) is 0 Å². The molecule has 0 spiro atoms. The molecular weight excluding hydrogens is 485 g/mol. The summed E-state index contributed by atoms with van der Waals surface area (Å²) in [5, 5.41) is 4.35. The highest BCUT2D eigenvalue weighted by Gasteiger charge is 2.46. The molecule has 37 heavy (non-hydrogen) atoms. The first-order valence-electron chi connectivity index (χ1n) is 13.0. The smallest absolute Gasteiger partial charge is 0.433 e. The van der Waals surface area contributed by atoms with Crippen molar-refractivity contribution in [1.82, 2.24) is 19.6 Å². The highest BCUT2D eigenvalue weighted by Crippen LogP contribution is 2.47. The summed E-state index contributed by atoms with van der Waals surface area (Å²) < 4.78 is 54.7.